The Morgan fingerprint density at radius 2 is 1.80 bits per heavy atom. The lowest BCUT2D eigenvalue weighted by Crippen LogP contribution is -2.23. The fraction of sp³-hybridized carbons (Fsp3) is 1.00. The molecule has 1 N–H and O–H groups in total. The van der Waals surface area contributed by atoms with E-state index in [-0.39, 0.29) is 0 Å². The molecule has 0 radical (unpaired) electrons. The van der Waals surface area contributed by atoms with Crippen molar-refractivity contribution in [2.45, 2.75) is 71.4 Å². The molecule has 0 aromatic rings. The Morgan fingerprint density at radius 1 is 1.07 bits per heavy atom. The smallest absolute Gasteiger partial charge is 0.0547 e. The van der Waals surface area contributed by atoms with Crippen LogP contribution in [-0.4, -0.2) is 25.8 Å². The number of hydrogen-bond acceptors (Lipinski definition) is 2. The van der Waals surface area contributed by atoms with Crippen LogP contribution in [0, 0.1) is 0 Å². The van der Waals surface area contributed by atoms with Crippen LogP contribution in [0.25, 0.3) is 0 Å². The fourth-order valence-corrected chi connectivity index (χ4v) is 1.53. The lowest BCUT2D eigenvalue weighted by molar-refractivity contribution is 0.0534. The van der Waals surface area contributed by atoms with Gasteiger partial charge >= 0.3 is 0 Å². The number of hydrogen-bond donors (Lipinski definition) is 1. The summed E-state index contributed by atoms with van der Waals surface area (Å²) in [6, 6.07) is 0.567. The Hall–Kier alpha value is -0.0800. The molecule has 0 aliphatic heterocycles. The van der Waals surface area contributed by atoms with E-state index in [1.165, 1.54) is 32.1 Å². The number of rotatable bonds is 10. The summed E-state index contributed by atoms with van der Waals surface area (Å²) in [5, 5.41) is 3.22. The maximum Gasteiger partial charge on any atom is 0.0547 e. The summed E-state index contributed by atoms with van der Waals surface area (Å²) in [5.41, 5.74) is 0. The molecule has 0 aromatic carbocycles. The zero-order chi connectivity index (χ0) is 11.5. The first kappa shape index (κ1) is 14.9. The van der Waals surface area contributed by atoms with Crippen LogP contribution in [0.5, 0.6) is 0 Å². The highest BCUT2D eigenvalue weighted by atomic mass is 16.5. The lowest BCUT2D eigenvalue weighted by atomic mass is 10.1. The van der Waals surface area contributed by atoms with Crippen LogP contribution in [-0.2, 0) is 4.74 Å². The molecule has 0 aliphatic rings. The van der Waals surface area contributed by atoms with Gasteiger partial charge in [0.15, 0.2) is 0 Å². The second-order valence-corrected chi connectivity index (χ2v) is 4.51. The standard InChI is InChI=1S/C13H29NO/c1-5-6-7-8-9-13(3)15-11-10-12(2)14-4/h12-14H,5-11H2,1-4H3. The molecule has 0 saturated carbocycles. The molecule has 0 amide bonds. The average Bonchev–Trinajstić information content (AvgIpc) is 2.24. The minimum absolute atomic E-state index is 0.436. The van der Waals surface area contributed by atoms with Crippen molar-refractivity contribution in [1.29, 1.82) is 0 Å². The maximum atomic E-state index is 5.75. The van der Waals surface area contributed by atoms with Crippen molar-refractivity contribution >= 4 is 0 Å². The first-order chi connectivity index (χ1) is 7.20. The van der Waals surface area contributed by atoms with Gasteiger partial charge in [0.25, 0.3) is 0 Å². The van der Waals surface area contributed by atoms with Gasteiger partial charge in [-0.05, 0) is 33.7 Å². The van der Waals surface area contributed by atoms with Crippen LogP contribution >= 0.6 is 0 Å². The highest BCUT2D eigenvalue weighted by Crippen LogP contribution is 2.08. The van der Waals surface area contributed by atoms with Crippen molar-refractivity contribution in [3.05, 3.63) is 0 Å². The van der Waals surface area contributed by atoms with Crippen molar-refractivity contribution in [3.63, 3.8) is 0 Å². The molecule has 0 fully saturated rings. The van der Waals surface area contributed by atoms with E-state index in [1.807, 2.05) is 7.05 Å². The Labute approximate surface area is 95.8 Å². The van der Waals surface area contributed by atoms with Crippen molar-refractivity contribution in [2.75, 3.05) is 13.7 Å². The topological polar surface area (TPSA) is 21.3 Å². The fourth-order valence-electron chi connectivity index (χ4n) is 1.53. The monoisotopic (exact) mass is 215 g/mol. The summed E-state index contributed by atoms with van der Waals surface area (Å²) in [6.45, 7) is 7.52. The largest absolute Gasteiger partial charge is 0.378 e. The van der Waals surface area contributed by atoms with Gasteiger partial charge in [-0.2, -0.15) is 0 Å². The number of nitrogens with one attached hydrogen (secondary N) is 1. The minimum atomic E-state index is 0.436. The van der Waals surface area contributed by atoms with Crippen LogP contribution < -0.4 is 5.32 Å². The van der Waals surface area contributed by atoms with E-state index in [9.17, 15) is 0 Å². The van der Waals surface area contributed by atoms with Gasteiger partial charge in [-0.3, -0.25) is 0 Å². The molecule has 0 aromatic heterocycles. The van der Waals surface area contributed by atoms with Crippen LogP contribution in [0.1, 0.15) is 59.3 Å². The highest BCUT2D eigenvalue weighted by Gasteiger charge is 2.03. The zero-order valence-corrected chi connectivity index (χ0v) is 11.0. The molecule has 0 aliphatic carbocycles. The first-order valence-corrected chi connectivity index (χ1v) is 6.49. The molecule has 2 atom stereocenters. The molecule has 0 bridgehead atoms. The molecule has 15 heavy (non-hydrogen) atoms. The van der Waals surface area contributed by atoms with Gasteiger partial charge in [0.05, 0.1) is 6.10 Å². The van der Waals surface area contributed by atoms with E-state index < -0.39 is 0 Å². The predicted molar refractivity (Wildman–Crippen MR) is 67.3 cm³/mol. The molecule has 0 saturated heterocycles. The summed E-state index contributed by atoms with van der Waals surface area (Å²) in [7, 11) is 2.00. The van der Waals surface area contributed by atoms with E-state index in [1.54, 1.807) is 0 Å². The molecule has 0 rings (SSSR count). The third-order valence-corrected chi connectivity index (χ3v) is 2.91. The van der Waals surface area contributed by atoms with Crippen molar-refractivity contribution < 1.29 is 4.74 Å². The van der Waals surface area contributed by atoms with Crippen molar-refractivity contribution in [2.24, 2.45) is 0 Å². The van der Waals surface area contributed by atoms with E-state index in [0.717, 1.165) is 13.0 Å². The van der Waals surface area contributed by atoms with E-state index in [2.05, 4.69) is 26.1 Å². The highest BCUT2D eigenvalue weighted by molar-refractivity contribution is 4.57. The molecule has 0 heterocycles. The second kappa shape index (κ2) is 10.4. The van der Waals surface area contributed by atoms with Gasteiger partial charge in [0.1, 0.15) is 0 Å². The molecule has 2 nitrogen and oxygen atoms in total. The van der Waals surface area contributed by atoms with Crippen LogP contribution in [0.4, 0.5) is 0 Å². The van der Waals surface area contributed by atoms with E-state index in [0.29, 0.717) is 12.1 Å². The van der Waals surface area contributed by atoms with E-state index in [4.69, 9.17) is 4.74 Å². The molecule has 0 spiro atoms. The summed E-state index contributed by atoms with van der Waals surface area (Å²) < 4.78 is 5.75. The summed E-state index contributed by atoms with van der Waals surface area (Å²) in [5.74, 6) is 0. The first-order valence-electron chi connectivity index (χ1n) is 6.49. The normalized spacial score (nSPS) is 15.2. The summed E-state index contributed by atoms with van der Waals surface area (Å²) >= 11 is 0. The van der Waals surface area contributed by atoms with E-state index >= 15 is 0 Å². The molecule has 2 heteroatoms. The van der Waals surface area contributed by atoms with Gasteiger partial charge in [0, 0.05) is 12.6 Å². The van der Waals surface area contributed by atoms with Gasteiger partial charge in [-0.1, -0.05) is 32.6 Å². The Kier molecular flexibility index (Phi) is 10.4. The quantitative estimate of drug-likeness (QED) is 0.564. The predicted octanol–water partition coefficient (Wildman–Crippen LogP) is 3.36. The number of ether oxygens (including phenoxy) is 1. The van der Waals surface area contributed by atoms with Gasteiger partial charge < -0.3 is 10.1 Å². The van der Waals surface area contributed by atoms with Crippen LogP contribution in [0.3, 0.4) is 0 Å². The minimum Gasteiger partial charge on any atom is -0.378 e. The third-order valence-electron chi connectivity index (χ3n) is 2.91. The van der Waals surface area contributed by atoms with Crippen LogP contribution in [0.15, 0.2) is 0 Å². The van der Waals surface area contributed by atoms with Gasteiger partial charge in [-0.15, -0.1) is 0 Å². The lowest BCUT2D eigenvalue weighted by Gasteiger charge is -2.15. The maximum absolute atomic E-state index is 5.75. The SMILES string of the molecule is CCCCCCC(C)OCCC(C)NC. The van der Waals surface area contributed by atoms with Gasteiger partial charge in [-0.25, -0.2) is 0 Å². The molecular weight excluding hydrogens is 186 g/mol. The zero-order valence-electron chi connectivity index (χ0n) is 11.0. The molecule has 92 valence electrons. The summed E-state index contributed by atoms with van der Waals surface area (Å²) in [4.78, 5) is 0. The van der Waals surface area contributed by atoms with Crippen molar-refractivity contribution in [3.8, 4) is 0 Å². The van der Waals surface area contributed by atoms with Gasteiger partial charge in [0.2, 0.25) is 0 Å². The second-order valence-electron chi connectivity index (χ2n) is 4.51. The van der Waals surface area contributed by atoms with Crippen molar-refractivity contribution in [1.82, 2.24) is 5.32 Å². The Morgan fingerprint density at radius 3 is 2.40 bits per heavy atom. The Bertz CT molecular complexity index is 128. The molecular formula is C13H29NO. The van der Waals surface area contributed by atoms with Crippen LogP contribution in [0.2, 0.25) is 0 Å². The Balaban J connectivity index is 3.21. The molecule has 2 unspecified atom stereocenters. The third kappa shape index (κ3) is 10.2. The number of unbranched alkanes of at least 4 members (excludes halogenated alkanes) is 3. The summed E-state index contributed by atoms with van der Waals surface area (Å²) in [6.07, 6.45) is 8.11. The average molecular weight is 215 g/mol.